The Morgan fingerprint density at radius 3 is 1.11 bits per heavy atom. The van der Waals surface area contributed by atoms with E-state index in [1.807, 2.05) is 0 Å². The molecule has 2 nitrogen and oxygen atoms in total. The molecule has 28 heavy (non-hydrogen) atoms. The number of unbranched alkanes of at least 4 members (excludes halogenated alkanes) is 20. The summed E-state index contributed by atoms with van der Waals surface area (Å²) in [5, 5.41) is 0. The summed E-state index contributed by atoms with van der Waals surface area (Å²) in [6.07, 6.45) is 30.7. The van der Waals surface area contributed by atoms with E-state index in [0.717, 1.165) is 38.8 Å². The Hall–Kier alpha value is -0.370. The molecule has 0 aliphatic carbocycles. The highest BCUT2D eigenvalue weighted by Crippen LogP contribution is 2.15. The van der Waals surface area contributed by atoms with E-state index in [0.29, 0.717) is 0 Å². The lowest BCUT2D eigenvalue weighted by Gasteiger charge is -2.04. The zero-order valence-electron chi connectivity index (χ0n) is 19.4. The van der Waals surface area contributed by atoms with Crippen LogP contribution in [0.3, 0.4) is 0 Å². The maximum atomic E-state index is 10.2. The average molecular weight is 397 g/mol. The molecule has 0 spiro atoms. The van der Waals surface area contributed by atoms with Gasteiger partial charge in [-0.3, -0.25) is 0 Å². The molecular weight excluding hydrogens is 344 g/mol. The van der Waals surface area contributed by atoms with Crippen molar-refractivity contribution in [2.45, 2.75) is 148 Å². The minimum atomic E-state index is 0.759. The highest BCUT2D eigenvalue weighted by Gasteiger charge is 1.96. The van der Waals surface area contributed by atoms with Gasteiger partial charge in [0.05, 0.1) is 0 Å². The quantitative estimate of drug-likeness (QED) is 0.114. The van der Waals surface area contributed by atoms with Crippen LogP contribution in [-0.4, -0.2) is 19.5 Å². The first kappa shape index (κ1) is 27.6. The van der Waals surface area contributed by atoms with Crippen LogP contribution in [0, 0.1) is 0 Å². The topological polar surface area (TPSA) is 26.3 Å². The fourth-order valence-corrected chi connectivity index (χ4v) is 3.86. The first-order valence-corrected chi connectivity index (χ1v) is 12.9. The van der Waals surface area contributed by atoms with Crippen molar-refractivity contribution in [2.24, 2.45) is 0 Å². The summed E-state index contributed by atoms with van der Waals surface area (Å²) < 4.78 is 5.52. The first-order chi connectivity index (χ1) is 13.9. The molecule has 0 fully saturated rings. The van der Waals surface area contributed by atoms with Crippen molar-refractivity contribution < 1.29 is 9.53 Å². The zero-order chi connectivity index (χ0) is 20.4. The number of carbonyl (C=O) groups excluding carboxylic acids is 1. The lowest BCUT2D eigenvalue weighted by molar-refractivity contribution is -0.107. The van der Waals surface area contributed by atoms with E-state index in [9.17, 15) is 4.79 Å². The van der Waals surface area contributed by atoms with Gasteiger partial charge >= 0.3 is 0 Å². The van der Waals surface area contributed by atoms with Crippen LogP contribution in [0.15, 0.2) is 0 Å². The summed E-state index contributed by atoms with van der Waals surface area (Å²) in [4.78, 5) is 10.2. The number of carbonyl (C=O) groups is 1. The summed E-state index contributed by atoms with van der Waals surface area (Å²) >= 11 is 0. The van der Waals surface area contributed by atoms with Crippen molar-refractivity contribution in [3.8, 4) is 0 Å². The third-order valence-corrected chi connectivity index (χ3v) is 5.71. The van der Waals surface area contributed by atoms with Gasteiger partial charge in [-0.15, -0.1) is 0 Å². The fraction of sp³-hybridized carbons (Fsp3) is 0.962. The predicted molar refractivity (Wildman–Crippen MR) is 124 cm³/mol. The van der Waals surface area contributed by atoms with Crippen molar-refractivity contribution in [3.63, 3.8) is 0 Å². The Labute approximate surface area is 177 Å². The lowest BCUT2D eigenvalue weighted by atomic mass is 10.0. The molecule has 0 aromatic heterocycles. The summed E-state index contributed by atoms with van der Waals surface area (Å²) in [5.41, 5.74) is 0. The molecule has 168 valence electrons. The van der Waals surface area contributed by atoms with Gasteiger partial charge in [0, 0.05) is 19.6 Å². The molecule has 0 aliphatic heterocycles. The molecule has 0 N–H and O–H groups in total. The summed E-state index contributed by atoms with van der Waals surface area (Å²) in [6, 6.07) is 0. The van der Waals surface area contributed by atoms with Crippen LogP contribution in [0.4, 0.5) is 0 Å². The number of ether oxygens (including phenoxy) is 1. The molecule has 0 saturated heterocycles. The Morgan fingerprint density at radius 2 is 0.786 bits per heavy atom. The first-order valence-electron chi connectivity index (χ1n) is 12.9. The molecule has 0 aromatic carbocycles. The maximum absolute atomic E-state index is 10.2. The van der Waals surface area contributed by atoms with Crippen molar-refractivity contribution in [1.29, 1.82) is 0 Å². The van der Waals surface area contributed by atoms with Crippen LogP contribution >= 0.6 is 0 Å². The van der Waals surface area contributed by atoms with E-state index in [2.05, 4.69) is 6.92 Å². The normalized spacial score (nSPS) is 11.2. The molecule has 0 rings (SSSR count). The van der Waals surface area contributed by atoms with Crippen molar-refractivity contribution in [1.82, 2.24) is 0 Å². The Kier molecular flexibility index (Phi) is 26.3. The van der Waals surface area contributed by atoms with Crippen LogP contribution in [0.2, 0.25) is 0 Å². The zero-order valence-corrected chi connectivity index (χ0v) is 19.4. The number of aldehydes is 1. The second-order valence-corrected chi connectivity index (χ2v) is 8.64. The SMILES string of the molecule is CCCOCCCCCCCCCCCCCCCCCCCCCCC=O. The van der Waals surface area contributed by atoms with E-state index in [1.165, 1.54) is 122 Å². The molecule has 0 bridgehead atoms. The van der Waals surface area contributed by atoms with Crippen LogP contribution in [0.1, 0.15) is 148 Å². The van der Waals surface area contributed by atoms with E-state index in [-0.39, 0.29) is 0 Å². The van der Waals surface area contributed by atoms with E-state index in [1.54, 1.807) is 0 Å². The molecule has 0 atom stereocenters. The minimum absolute atomic E-state index is 0.759. The predicted octanol–water partition coefficient (Wildman–Crippen LogP) is 8.80. The molecule has 0 saturated carbocycles. The van der Waals surface area contributed by atoms with Gasteiger partial charge in [-0.1, -0.05) is 122 Å². The second kappa shape index (κ2) is 26.6. The number of hydrogen-bond donors (Lipinski definition) is 0. The van der Waals surface area contributed by atoms with Gasteiger partial charge in [-0.2, -0.15) is 0 Å². The third kappa shape index (κ3) is 25.6. The van der Waals surface area contributed by atoms with Crippen LogP contribution in [0.5, 0.6) is 0 Å². The monoisotopic (exact) mass is 396 g/mol. The van der Waals surface area contributed by atoms with E-state index in [4.69, 9.17) is 4.74 Å². The molecule has 0 heterocycles. The summed E-state index contributed by atoms with van der Waals surface area (Å²) in [7, 11) is 0. The van der Waals surface area contributed by atoms with Gasteiger partial charge in [0.25, 0.3) is 0 Å². The second-order valence-electron chi connectivity index (χ2n) is 8.64. The molecular formula is C26H52O2. The Balaban J connectivity index is 2.97. The van der Waals surface area contributed by atoms with Crippen molar-refractivity contribution in [2.75, 3.05) is 13.2 Å². The average Bonchev–Trinajstić information content (AvgIpc) is 2.71. The van der Waals surface area contributed by atoms with Gasteiger partial charge < -0.3 is 9.53 Å². The van der Waals surface area contributed by atoms with Gasteiger partial charge in [0.2, 0.25) is 0 Å². The van der Waals surface area contributed by atoms with Gasteiger partial charge in [0.15, 0.2) is 0 Å². The fourth-order valence-electron chi connectivity index (χ4n) is 3.86. The van der Waals surface area contributed by atoms with Crippen LogP contribution < -0.4 is 0 Å². The summed E-state index contributed by atoms with van der Waals surface area (Å²) in [6.45, 7) is 4.08. The Morgan fingerprint density at radius 1 is 0.464 bits per heavy atom. The van der Waals surface area contributed by atoms with Gasteiger partial charge in [-0.25, -0.2) is 0 Å². The molecule has 0 amide bonds. The van der Waals surface area contributed by atoms with Crippen molar-refractivity contribution in [3.05, 3.63) is 0 Å². The molecule has 2 heteroatoms. The Bertz CT molecular complexity index is 278. The highest BCUT2D eigenvalue weighted by atomic mass is 16.5. The van der Waals surface area contributed by atoms with E-state index >= 15 is 0 Å². The smallest absolute Gasteiger partial charge is 0.119 e. The number of hydrogen-bond acceptors (Lipinski definition) is 2. The highest BCUT2D eigenvalue weighted by molar-refractivity contribution is 5.48. The van der Waals surface area contributed by atoms with Crippen LogP contribution in [0.25, 0.3) is 0 Å². The third-order valence-electron chi connectivity index (χ3n) is 5.71. The van der Waals surface area contributed by atoms with Gasteiger partial charge in [-0.05, 0) is 19.3 Å². The minimum Gasteiger partial charge on any atom is -0.381 e. The molecule has 0 radical (unpaired) electrons. The maximum Gasteiger partial charge on any atom is 0.119 e. The van der Waals surface area contributed by atoms with Crippen molar-refractivity contribution >= 4 is 6.29 Å². The van der Waals surface area contributed by atoms with Gasteiger partial charge in [0.1, 0.15) is 6.29 Å². The lowest BCUT2D eigenvalue weighted by Crippen LogP contribution is -1.95. The molecule has 0 aromatic rings. The van der Waals surface area contributed by atoms with Crippen LogP contribution in [-0.2, 0) is 9.53 Å². The molecule has 0 unspecified atom stereocenters. The molecule has 0 aliphatic rings. The van der Waals surface area contributed by atoms with E-state index < -0.39 is 0 Å². The summed E-state index contributed by atoms with van der Waals surface area (Å²) in [5.74, 6) is 0. The standard InChI is InChI=1S/C26H52O2/c1-2-25-28-26-23-21-19-17-15-13-11-9-7-5-3-4-6-8-10-12-14-16-18-20-22-24-27/h24H,2-23,25-26H2,1H3. The largest absolute Gasteiger partial charge is 0.381 e. The number of rotatable bonds is 25.